The molecule has 1 amide bonds. The third-order valence-corrected chi connectivity index (χ3v) is 4.85. The van der Waals surface area contributed by atoms with E-state index in [1.54, 1.807) is 0 Å². The maximum atomic E-state index is 11.9. The molecule has 2 aromatic rings. The maximum absolute atomic E-state index is 11.9. The summed E-state index contributed by atoms with van der Waals surface area (Å²) in [5.41, 5.74) is 1.27. The fourth-order valence-electron chi connectivity index (χ4n) is 2.38. The fourth-order valence-corrected chi connectivity index (χ4v) is 3.31. The number of amides is 1. The Kier molecular flexibility index (Phi) is 4.60. The van der Waals surface area contributed by atoms with Crippen LogP contribution in [-0.4, -0.2) is 16.1 Å². The van der Waals surface area contributed by atoms with Crippen LogP contribution >= 0.6 is 11.3 Å². The molecule has 0 radical (unpaired) electrons. The van der Waals surface area contributed by atoms with Gasteiger partial charge in [0, 0.05) is 12.3 Å². The molecule has 21 heavy (non-hydrogen) atoms. The fraction of sp³-hybridized carbons (Fsp3) is 0.438. The molecule has 1 aromatic carbocycles. The van der Waals surface area contributed by atoms with Gasteiger partial charge in [0.15, 0.2) is 0 Å². The van der Waals surface area contributed by atoms with Gasteiger partial charge in [0.2, 0.25) is 11.0 Å². The summed E-state index contributed by atoms with van der Waals surface area (Å²) in [4.78, 5) is 11.9. The first kappa shape index (κ1) is 14.2. The number of aryl methyl sites for hydroxylation is 1. The molecule has 0 bridgehead atoms. The Hall–Kier alpha value is -1.75. The number of hydrogen-bond donors (Lipinski definition) is 1. The first-order chi connectivity index (χ1) is 10.3. The third kappa shape index (κ3) is 3.88. The van der Waals surface area contributed by atoms with E-state index in [1.165, 1.54) is 36.2 Å². The van der Waals surface area contributed by atoms with Crippen molar-refractivity contribution in [3.8, 4) is 0 Å². The smallest absolute Gasteiger partial charge is 0.226 e. The van der Waals surface area contributed by atoms with Crippen molar-refractivity contribution in [3.05, 3.63) is 40.9 Å². The Morgan fingerprint density at radius 2 is 2.05 bits per heavy atom. The number of benzene rings is 1. The van der Waals surface area contributed by atoms with Gasteiger partial charge in [0.1, 0.15) is 5.01 Å². The van der Waals surface area contributed by atoms with E-state index in [1.807, 2.05) is 18.2 Å². The highest BCUT2D eigenvalue weighted by molar-refractivity contribution is 7.15. The molecule has 3 rings (SSSR count). The molecule has 1 aliphatic carbocycles. The first-order valence-corrected chi connectivity index (χ1v) is 8.30. The lowest BCUT2D eigenvalue weighted by molar-refractivity contribution is -0.116. The molecule has 1 aromatic heterocycles. The average Bonchev–Trinajstić information content (AvgIpc) is 2.86. The molecule has 1 aliphatic rings. The molecule has 110 valence electrons. The summed E-state index contributed by atoms with van der Waals surface area (Å²) in [6.45, 7) is 0. The Morgan fingerprint density at radius 1 is 1.24 bits per heavy atom. The number of carbonyl (C=O) groups excluding carboxylic acids is 1. The van der Waals surface area contributed by atoms with Crippen molar-refractivity contribution >= 4 is 22.4 Å². The van der Waals surface area contributed by atoms with Gasteiger partial charge in [0.05, 0.1) is 0 Å². The minimum atomic E-state index is 0.0299. The van der Waals surface area contributed by atoms with E-state index in [2.05, 4.69) is 27.6 Å². The zero-order chi connectivity index (χ0) is 14.5. The maximum Gasteiger partial charge on any atom is 0.226 e. The summed E-state index contributed by atoms with van der Waals surface area (Å²) in [6.07, 6.45) is 6.00. The van der Waals surface area contributed by atoms with Gasteiger partial charge >= 0.3 is 0 Å². The molecule has 5 heteroatoms. The van der Waals surface area contributed by atoms with Gasteiger partial charge in [-0.05, 0) is 31.2 Å². The van der Waals surface area contributed by atoms with Crippen molar-refractivity contribution in [1.82, 2.24) is 10.2 Å². The third-order valence-electron chi connectivity index (χ3n) is 3.85. The van der Waals surface area contributed by atoms with E-state index in [0.717, 1.165) is 17.8 Å². The Bertz CT molecular complexity index is 593. The van der Waals surface area contributed by atoms with Crippen molar-refractivity contribution in [1.29, 1.82) is 0 Å². The van der Waals surface area contributed by atoms with Gasteiger partial charge < -0.3 is 5.32 Å². The SMILES string of the molecule is O=C(CCCc1ccccc1)Nc1nnc(C2CCC2)s1. The van der Waals surface area contributed by atoms with Crippen molar-refractivity contribution in [2.24, 2.45) is 0 Å². The second-order valence-corrected chi connectivity index (χ2v) is 6.47. The molecule has 0 saturated heterocycles. The summed E-state index contributed by atoms with van der Waals surface area (Å²) >= 11 is 1.52. The average molecular weight is 301 g/mol. The van der Waals surface area contributed by atoms with Gasteiger partial charge in [-0.3, -0.25) is 4.79 Å². The zero-order valence-corrected chi connectivity index (χ0v) is 12.7. The molecule has 4 nitrogen and oxygen atoms in total. The number of hydrogen-bond acceptors (Lipinski definition) is 4. The van der Waals surface area contributed by atoms with Crippen LogP contribution in [0.4, 0.5) is 5.13 Å². The van der Waals surface area contributed by atoms with E-state index in [-0.39, 0.29) is 5.91 Å². The normalized spacial score (nSPS) is 14.7. The molecule has 1 heterocycles. The second-order valence-electron chi connectivity index (χ2n) is 5.46. The number of anilines is 1. The lowest BCUT2D eigenvalue weighted by atomic mass is 9.86. The van der Waals surface area contributed by atoms with Crippen molar-refractivity contribution in [2.75, 3.05) is 5.32 Å². The van der Waals surface area contributed by atoms with Crippen LogP contribution in [-0.2, 0) is 11.2 Å². The number of carbonyl (C=O) groups is 1. The van der Waals surface area contributed by atoms with Crippen LogP contribution in [0.25, 0.3) is 0 Å². The van der Waals surface area contributed by atoms with Crippen molar-refractivity contribution < 1.29 is 4.79 Å². The Balaban J connectivity index is 1.42. The molecule has 1 N–H and O–H groups in total. The van der Waals surface area contributed by atoms with E-state index in [9.17, 15) is 4.79 Å². The minimum absolute atomic E-state index is 0.0299. The van der Waals surface area contributed by atoms with E-state index >= 15 is 0 Å². The van der Waals surface area contributed by atoms with Gasteiger partial charge in [0.25, 0.3) is 0 Å². The number of nitrogens with one attached hydrogen (secondary N) is 1. The molecule has 1 saturated carbocycles. The Morgan fingerprint density at radius 3 is 2.76 bits per heavy atom. The standard InChI is InChI=1S/C16H19N3OS/c20-14(11-4-8-12-6-2-1-3-7-12)17-16-19-18-15(21-16)13-9-5-10-13/h1-3,6-7,13H,4-5,8-11H2,(H,17,19,20). The van der Waals surface area contributed by atoms with Crippen LogP contribution in [0.5, 0.6) is 0 Å². The van der Waals surface area contributed by atoms with Crippen LogP contribution in [0.1, 0.15) is 48.6 Å². The molecule has 0 aliphatic heterocycles. The highest BCUT2D eigenvalue weighted by Crippen LogP contribution is 2.38. The van der Waals surface area contributed by atoms with Crippen LogP contribution in [0, 0.1) is 0 Å². The highest BCUT2D eigenvalue weighted by atomic mass is 32.1. The van der Waals surface area contributed by atoms with Crippen LogP contribution in [0.3, 0.4) is 0 Å². The topological polar surface area (TPSA) is 54.9 Å². The molecule has 0 unspecified atom stereocenters. The molecular formula is C16H19N3OS. The van der Waals surface area contributed by atoms with Crippen LogP contribution in [0.2, 0.25) is 0 Å². The summed E-state index contributed by atoms with van der Waals surface area (Å²) < 4.78 is 0. The van der Waals surface area contributed by atoms with Gasteiger partial charge in [-0.2, -0.15) is 0 Å². The van der Waals surface area contributed by atoms with E-state index in [0.29, 0.717) is 17.5 Å². The first-order valence-electron chi connectivity index (χ1n) is 7.48. The monoisotopic (exact) mass is 301 g/mol. The summed E-state index contributed by atoms with van der Waals surface area (Å²) in [7, 11) is 0. The minimum Gasteiger partial charge on any atom is -0.301 e. The zero-order valence-electron chi connectivity index (χ0n) is 11.9. The van der Waals surface area contributed by atoms with Crippen molar-refractivity contribution in [3.63, 3.8) is 0 Å². The van der Waals surface area contributed by atoms with Gasteiger partial charge in [-0.1, -0.05) is 48.1 Å². The Labute approximate surface area is 128 Å². The summed E-state index contributed by atoms with van der Waals surface area (Å²) in [6, 6.07) is 10.2. The van der Waals surface area contributed by atoms with Crippen LogP contribution < -0.4 is 5.32 Å². The molecular weight excluding hydrogens is 282 g/mol. The van der Waals surface area contributed by atoms with Gasteiger partial charge in [-0.25, -0.2) is 0 Å². The largest absolute Gasteiger partial charge is 0.301 e. The lowest BCUT2D eigenvalue weighted by Crippen LogP contribution is -2.11. The molecule has 0 atom stereocenters. The number of nitrogens with zero attached hydrogens (tertiary/aromatic N) is 2. The summed E-state index contributed by atoms with van der Waals surface area (Å²) in [5.74, 6) is 0.605. The second kappa shape index (κ2) is 6.80. The van der Waals surface area contributed by atoms with Crippen LogP contribution in [0.15, 0.2) is 30.3 Å². The van der Waals surface area contributed by atoms with Gasteiger partial charge in [-0.15, -0.1) is 10.2 Å². The molecule has 0 spiro atoms. The van der Waals surface area contributed by atoms with E-state index < -0.39 is 0 Å². The summed E-state index contributed by atoms with van der Waals surface area (Å²) in [5, 5.41) is 12.8. The van der Waals surface area contributed by atoms with Crippen molar-refractivity contribution in [2.45, 2.75) is 44.4 Å². The number of rotatable bonds is 6. The predicted molar refractivity (Wildman–Crippen MR) is 84.5 cm³/mol. The lowest BCUT2D eigenvalue weighted by Gasteiger charge is -2.21. The highest BCUT2D eigenvalue weighted by Gasteiger charge is 2.23. The number of aromatic nitrogens is 2. The molecule has 1 fully saturated rings. The van der Waals surface area contributed by atoms with E-state index in [4.69, 9.17) is 0 Å². The predicted octanol–water partition coefficient (Wildman–Crippen LogP) is 3.77. The quantitative estimate of drug-likeness (QED) is 0.883.